The van der Waals surface area contributed by atoms with E-state index in [-0.39, 0.29) is 19.1 Å². The van der Waals surface area contributed by atoms with Crippen LogP contribution in [-0.4, -0.2) is 54.4 Å². The summed E-state index contributed by atoms with van der Waals surface area (Å²) in [6.07, 6.45) is 2.87. The molecule has 0 radical (unpaired) electrons. The number of hydrogen-bond donors (Lipinski definition) is 1. The van der Waals surface area contributed by atoms with E-state index in [1.807, 2.05) is 31.2 Å². The Balaban J connectivity index is 1.50. The molecule has 1 aliphatic heterocycles. The molecule has 0 bridgehead atoms. The topological polar surface area (TPSA) is 105 Å². The van der Waals surface area contributed by atoms with E-state index < -0.39 is 23.0 Å². The van der Waals surface area contributed by atoms with E-state index in [0.29, 0.717) is 45.8 Å². The second kappa shape index (κ2) is 8.69. The van der Waals surface area contributed by atoms with Gasteiger partial charge in [-0.25, -0.2) is 27.1 Å². The van der Waals surface area contributed by atoms with E-state index in [9.17, 15) is 17.4 Å². The number of rotatable bonds is 5. The lowest BCUT2D eigenvalue weighted by Gasteiger charge is -2.31. The number of furan rings is 1. The van der Waals surface area contributed by atoms with E-state index in [4.69, 9.17) is 4.42 Å². The molecule has 4 aromatic rings. The van der Waals surface area contributed by atoms with Gasteiger partial charge < -0.3 is 14.3 Å². The number of nitrogens with zero attached hydrogens (tertiary/aromatic N) is 3. The minimum absolute atomic E-state index is 0.240. The third-order valence-corrected chi connectivity index (χ3v) is 10.9. The monoisotopic (exact) mass is 516 g/mol. The zero-order valence-electron chi connectivity index (χ0n) is 19.7. The molecule has 1 saturated heterocycles. The van der Waals surface area contributed by atoms with Gasteiger partial charge in [0.1, 0.15) is 30.6 Å². The lowest BCUT2D eigenvalue weighted by molar-refractivity contribution is 0.436. The van der Waals surface area contributed by atoms with Crippen molar-refractivity contribution in [3.63, 3.8) is 0 Å². The molecule has 2 aromatic carbocycles. The number of sulfonamides is 1. The largest absolute Gasteiger partial charge is 0.461 e. The fourth-order valence-electron chi connectivity index (χ4n) is 4.63. The third-order valence-electron chi connectivity index (χ3n) is 6.55. The van der Waals surface area contributed by atoms with Crippen LogP contribution in [0.1, 0.15) is 24.4 Å². The number of fused-ring (bicyclic) bond motifs is 2. The summed E-state index contributed by atoms with van der Waals surface area (Å²) in [5.41, 5.74) is 1.97. The number of nitrogens with one attached hydrogen (secondary N) is 1. The van der Waals surface area contributed by atoms with Crippen molar-refractivity contribution in [2.24, 2.45) is 0 Å². The van der Waals surface area contributed by atoms with Crippen molar-refractivity contribution in [2.45, 2.75) is 19.9 Å². The minimum Gasteiger partial charge on any atom is -0.461 e. The van der Waals surface area contributed by atoms with Crippen LogP contribution in [0.2, 0.25) is 0 Å². The average Bonchev–Trinajstić information content (AvgIpc) is 3.19. The number of halogens is 1. The lowest BCUT2D eigenvalue weighted by Crippen LogP contribution is -2.40. The Kier molecular flexibility index (Phi) is 5.94. The molecule has 0 saturated carbocycles. The fourth-order valence-corrected chi connectivity index (χ4v) is 8.32. The van der Waals surface area contributed by atoms with Gasteiger partial charge in [-0.15, -0.1) is 0 Å². The van der Waals surface area contributed by atoms with Crippen molar-refractivity contribution < 1.29 is 21.8 Å². The highest BCUT2D eigenvalue weighted by Gasteiger charge is 2.34. The van der Waals surface area contributed by atoms with Gasteiger partial charge in [0.05, 0.1) is 23.2 Å². The summed E-state index contributed by atoms with van der Waals surface area (Å²) in [5, 5.41) is 5.23. The first kappa shape index (κ1) is 23.9. The number of benzene rings is 2. The molecule has 0 spiro atoms. The summed E-state index contributed by atoms with van der Waals surface area (Å²) in [4.78, 5) is 9.13. The van der Waals surface area contributed by atoms with Gasteiger partial charge in [0, 0.05) is 41.7 Å². The van der Waals surface area contributed by atoms with Crippen molar-refractivity contribution in [1.82, 2.24) is 14.3 Å². The van der Waals surface area contributed by atoms with Gasteiger partial charge in [-0.2, -0.15) is 0 Å². The Labute approximate surface area is 203 Å². The molecule has 1 fully saturated rings. The predicted molar refractivity (Wildman–Crippen MR) is 136 cm³/mol. The van der Waals surface area contributed by atoms with Gasteiger partial charge in [0.25, 0.3) is 0 Å². The Bertz CT molecular complexity index is 1590. The van der Waals surface area contributed by atoms with Crippen molar-refractivity contribution in [2.75, 3.05) is 37.0 Å². The number of aryl methyl sites for hydroxylation is 1. The van der Waals surface area contributed by atoms with E-state index >= 15 is 0 Å². The van der Waals surface area contributed by atoms with Gasteiger partial charge in [0.15, 0.2) is 5.82 Å². The maximum atomic E-state index is 14.0. The summed E-state index contributed by atoms with van der Waals surface area (Å²) >= 11 is 0. The second-order valence-electron chi connectivity index (χ2n) is 8.99. The van der Waals surface area contributed by atoms with Gasteiger partial charge in [-0.05, 0) is 38.1 Å². The molecular weight excluding hydrogens is 490 g/mol. The highest BCUT2D eigenvalue weighted by molar-refractivity contribution is 7.88. The van der Waals surface area contributed by atoms with Crippen LogP contribution in [0.15, 0.2) is 47.1 Å². The molecule has 11 heteroatoms. The molecule has 5 rings (SSSR count). The van der Waals surface area contributed by atoms with Crippen LogP contribution >= 0.6 is 7.14 Å². The Morgan fingerprint density at radius 1 is 1.14 bits per heavy atom. The fraction of sp³-hybridized carbons (Fsp3) is 0.333. The van der Waals surface area contributed by atoms with Crippen LogP contribution in [0.25, 0.3) is 21.9 Å². The van der Waals surface area contributed by atoms with Crippen LogP contribution in [0.3, 0.4) is 0 Å². The van der Waals surface area contributed by atoms with E-state index in [2.05, 4.69) is 15.3 Å². The molecule has 2 aromatic heterocycles. The van der Waals surface area contributed by atoms with Crippen LogP contribution in [0.5, 0.6) is 0 Å². The maximum absolute atomic E-state index is 14.0. The quantitative estimate of drug-likeness (QED) is 0.395. The summed E-state index contributed by atoms with van der Waals surface area (Å²) < 4.78 is 58.4. The molecule has 0 amide bonds. The zero-order chi connectivity index (χ0) is 25.0. The SMILES string of the molecule is Cc1nc(N[C@H](C)c2cccc3c(F)coc23)c2cc(P3(=O)CCN(S(C)(=O)=O)CC3)ccc2n1. The van der Waals surface area contributed by atoms with Crippen molar-refractivity contribution in [3.8, 4) is 0 Å². The minimum atomic E-state index is -3.31. The second-order valence-corrected chi connectivity index (χ2v) is 14.2. The molecule has 184 valence electrons. The van der Waals surface area contributed by atoms with Crippen molar-refractivity contribution in [3.05, 3.63) is 59.9 Å². The molecular formula is C24H26FN4O4PS. The van der Waals surface area contributed by atoms with Crippen LogP contribution < -0.4 is 10.6 Å². The predicted octanol–water partition coefficient (Wildman–Crippen LogP) is 4.26. The molecule has 3 heterocycles. The normalized spacial score (nSPS) is 17.6. The number of aromatic nitrogens is 2. The Hall–Kier alpha value is -2.81. The zero-order valence-corrected chi connectivity index (χ0v) is 21.4. The number of para-hydroxylation sites is 1. The maximum Gasteiger partial charge on any atom is 0.211 e. The highest BCUT2D eigenvalue weighted by Crippen LogP contribution is 2.47. The summed E-state index contributed by atoms with van der Waals surface area (Å²) in [6.45, 7) is 4.22. The van der Waals surface area contributed by atoms with Gasteiger partial charge in [0.2, 0.25) is 10.0 Å². The number of hydrogen-bond acceptors (Lipinski definition) is 7. The molecule has 0 unspecified atom stereocenters. The summed E-state index contributed by atoms with van der Waals surface area (Å²) in [5.74, 6) is 0.746. The molecule has 35 heavy (non-hydrogen) atoms. The smallest absolute Gasteiger partial charge is 0.211 e. The van der Waals surface area contributed by atoms with Gasteiger partial charge in [-0.1, -0.05) is 12.1 Å². The van der Waals surface area contributed by atoms with Crippen LogP contribution in [0, 0.1) is 12.7 Å². The molecule has 1 aliphatic rings. The van der Waals surface area contributed by atoms with E-state index in [1.165, 1.54) is 10.6 Å². The van der Waals surface area contributed by atoms with Crippen molar-refractivity contribution in [1.29, 1.82) is 0 Å². The molecule has 1 N–H and O–H groups in total. The Morgan fingerprint density at radius 2 is 1.89 bits per heavy atom. The summed E-state index contributed by atoms with van der Waals surface area (Å²) in [7, 11) is -6.08. The van der Waals surface area contributed by atoms with Gasteiger partial charge >= 0.3 is 0 Å². The van der Waals surface area contributed by atoms with Crippen LogP contribution in [0.4, 0.5) is 10.2 Å². The average molecular weight is 517 g/mol. The first-order valence-electron chi connectivity index (χ1n) is 11.3. The molecule has 0 aliphatic carbocycles. The molecule has 1 atom stereocenters. The molecule has 8 nitrogen and oxygen atoms in total. The highest BCUT2D eigenvalue weighted by atomic mass is 32.2. The van der Waals surface area contributed by atoms with E-state index in [1.54, 1.807) is 19.1 Å². The van der Waals surface area contributed by atoms with E-state index in [0.717, 1.165) is 17.2 Å². The lowest BCUT2D eigenvalue weighted by atomic mass is 10.1. The van der Waals surface area contributed by atoms with Gasteiger partial charge in [-0.3, -0.25) is 0 Å². The number of anilines is 1. The third kappa shape index (κ3) is 4.46. The van der Waals surface area contributed by atoms with Crippen LogP contribution in [-0.2, 0) is 14.6 Å². The first-order chi connectivity index (χ1) is 16.5. The summed E-state index contributed by atoms with van der Waals surface area (Å²) in [6, 6.07) is 10.6. The first-order valence-corrected chi connectivity index (χ1v) is 15.2. The standard InChI is InChI=1S/C24H26FN4O4PS/c1-15(18-5-4-6-19-21(25)14-33-23(18)19)26-24-20-13-17(7-8-22(20)27-16(2)28-24)34(30)11-9-29(10-12-34)35(3,31)32/h4-8,13-15H,9-12H2,1-3H3,(H,26,27,28)/t15-/m1/s1. The van der Waals surface area contributed by atoms with Crippen molar-refractivity contribution >= 4 is 50.2 Å². The Morgan fingerprint density at radius 3 is 2.60 bits per heavy atom.